The number of carboxylic acid groups (broad SMARTS) is 1. The molecular formula is C72H68Cl4F4N8O8S4. The summed E-state index contributed by atoms with van der Waals surface area (Å²) >= 11 is 28.9. The Bertz CT molecular complexity index is 4390. The summed E-state index contributed by atoms with van der Waals surface area (Å²) in [5.41, 5.74) is 12.2. The molecule has 0 fully saturated rings. The van der Waals surface area contributed by atoms with E-state index in [0.717, 1.165) is 127 Å². The molecule has 4 aliphatic heterocycles. The van der Waals surface area contributed by atoms with Crippen molar-refractivity contribution in [3.05, 3.63) is 209 Å². The van der Waals surface area contributed by atoms with Gasteiger partial charge in [-0.25, -0.2) is 33.9 Å². The number of pyridine rings is 4. The Hall–Kier alpha value is -7.42. The van der Waals surface area contributed by atoms with Gasteiger partial charge in [-0.2, -0.15) is 13.2 Å². The van der Waals surface area contributed by atoms with E-state index in [1.54, 1.807) is 17.2 Å². The number of methoxy groups -OCH3 is 1. The van der Waals surface area contributed by atoms with Crippen molar-refractivity contribution in [2.24, 2.45) is 0 Å². The lowest BCUT2D eigenvalue weighted by Gasteiger charge is -2.31. The Morgan fingerprint density at radius 1 is 0.470 bits per heavy atom. The summed E-state index contributed by atoms with van der Waals surface area (Å²) in [6.45, 7) is 10.8. The molecule has 0 saturated carbocycles. The highest BCUT2D eigenvalue weighted by molar-refractivity contribution is 8.00. The van der Waals surface area contributed by atoms with Crippen LogP contribution in [-0.2, 0) is 55.8 Å². The lowest BCUT2D eigenvalue weighted by atomic mass is 9.98. The molecule has 8 heterocycles. The number of hydrogen-bond donors (Lipinski definition) is 1. The monoisotopic (exact) mass is 1520 g/mol. The molecule has 4 aromatic carbocycles. The van der Waals surface area contributed by atoms with Gasteiger partial charge in [0, 0.05) is 73.7 Å². The number of thioether (sulfide) groups is 4. The number of esters is 1. The second kappa shape index (κ2) is 35.5. The van der Waals surface area contributed by atoms with Crippen LogP contribution in [0.2, 0.25) is 20.1 Å². The van der Waals surface area contributed by atoms with E-state index in [-0.39, 0.29) is 62.1 Å². The molecule has 8 aromatic rings. The normalized spacial score (nSPS) is 13.7. The van der Waals surface area contributed by atoms with E-state index in [1.165, 1.54) is 83.6 Å². The van der Waals surface area contributed by atoms with Gasteiger partial charge in [0.1, 0.15) is 20.1 Å². The highest BCUT2D eigenvalue weighted by Crippen LogP contribution is 2.38. The van der Waals surface area contributed by atoms with E-state index < -0.39 is 29.5 Å². The number of fused-ring (bicyclic) bond motifs is 4. The summed E-state index contributed by atoms with van der Waals surface area (Å²) in [5.74, 6) is -2.11. The average molecular weight is 1520 g/mol. The first kappa shape index (κ1) is 76.8. The fourth-order valence-electron chi connectivity index (χ4n) is 11.8. The molecule has 0 bridgehead atoms. The standard InChI is InChI=1S/C19H19ClN2O3S.C18H17ClN2O3S.C18H16F4N2OS.C17H16Cl2N2OS/c1-12-5-3-6-13-7-4-8-22(17(12)13)16(23)11-26-18-15(20)9-14(10-21-18)19(24)25-2;1-11-4-2-5-12-6-3-7-21(16(11)12)15(22)10-25-17-14(19)8-13(9-20-17)18(23)24;1-11-4-2-5-12-6-3-7-24(16(11)12)15(25)10-26-17-14(19)8-13(9-23-17)18(20,21)22;1-11-4-2-5-12-6-3-7-21(16(11)12)15(22)10-23-17-14(19)8-13(18)9-20-17/h3,5-6,9-10H,4,7-8,11H2,1-2H3;2,4-5,8-9H,3,6-7,10H2,1H3,(H,23,24);2,4-5,8-9H,3,6-7,10H2,1H3;2,4-5,8-9H,3,6-7,10H2,1H3. The summed E-state index contributed by atoms with van der Waals surface area (Å²) in [4.78, 5) is 96.4. The quantitative estimate of drug-likeness (QED) is 0.0612. The Balaban J connectivity index is 0.000000156. The van der Waals surface area contributed by atoms with Crippen molar-refractivity contribution in [2.75, 3.05) is 75.9 Å². The number of carboxylic acids is 1. The number of ether oxygens (including phenoxy) is 1. The molecule has 0 saturated heterocycles. The summed E-state index contributed by atoms with van der Waals surface area (Å²) in [6.07, 6.45) is 7.76. The predicted molar refractivity (Wildman–Crippen MR) is 391 cm³/mol. The third kappa shape index (κ3) is 19.6. The molecular weight excluding hydrogens is 1450 g/mol. The van der Waals surface area contributed by atoms with Gasteiger partial charge in [0.15, 0.2) is 5.82 Å². The number of alkyl halides is 3. The summed E-state index contributed by atoms with van der Waals surface area (Å²) in [6, 6.07) is 29.2. The molecule has 0 aliphatic carbocycles. The number of aromatic nitrogens is 4. The van der Waals surface area contributed by atoms with E-state index in [2.05, 4.69) is 55.9 Å². The van der Waals surface area contributed by atoms with Gasteiger partial charge < -0.3 is 29.4 Å². The zero-order valence-electron chi connectivity index (χ0n) is 54.9. The van der Waals surface area contributed by atoms with Gasteiger partial charge in [-0.05, 0) is 148 Å². The van der Waals surface area contributed by atoms with Crippen molar-refractivity contribution >= 4 is 152 Å². The first-order valence-electron chi connectivity index (χ1n) is 31.5. The van der Waals surface area contributed by atoms with E-state index >= 15 is 0 Å². The number of hydrogen-bond acceptors (Lipinski definition) is 15. The Morgan fingerprint density at radius 2 is 0.790 bits per heavy atom. The smallest absolute Gasteiger partial charge is 0.417 e. The van der Waals surface area contributed by atoms with Crippen molar-refractivity contribution in [2.45, 2.75) is 105 Å². The molecule has 4 amide bonds. The molecule has 12 rings (SSSR count). The van der Waals surface area contributed by atoms with Gasteiger partial charge in [-0.1, -0.05) is 166 Å². The van der Waals surface area contributed by atoms with Crippen LogP contribution in [0.5, 0.6) is 0 Å². The van der Waals surface area contributed by atoms with Crippen LogP contribution in [0.25, 0.3) is 0 Å². The Labute approximate surface area is 613 Å². The zero-order chi connectivity index (χ0) is 71.9. The van der Waals surface area contributed by atoms with Gasteiger partial charge in [-0.3, -0.25) is 19.2 Å². The van der Waals surface area contributed by atoms with Crippen LogP contribution in [0.15, 0.2) is 142 Å². The second-order valence-corrected chi connectivity index (χ2v) is 28.9. The lowest BCUT2D eigenvalue weighted by Crippen LogP contribution is -2.37. The molecule has 4 aromatic heterocycles. The van der Waals surface area contributed by atoms with Crippen molar-refractivity contribution in [1.29, 1.82) is 0 Å². The molecule has 0 spiro atoms. The summed E-state index contributed by atoms with van der Waals surface area (Å²) in [5, 5.41) is 11.9. The molecule has 0 unspecified atom stereocenters. The van der Waals surface area contributed by atoms with Crippen molar-refractivity contribution in [3.63, 3.8) is 0 Å². The van der Waals surface area contributed by atoms with Crippen molar-refractivity contribution in [1.82, 2.24) is 19.9 Å². The fourth-order valence-corrected chi connectivity index (χ4v) is 16.0. The number of aromatic carboxylic acids is 1. The van der Waals surface area contributed by atoms with Gasteiger partial charge in [0.25, 0.3) is 0 Å². The molecule has 1 N–H and O–H groups in total. The molecule has 524 valence electrons. The third-order valence-electron chi connectivity index (χ3n) is 16.4. The maximum Gasteiger partial charge on any atom is 0.417 e. The summed E-state index contributed by atoms with van der Waals surface area (Å²) < 4.78 is 56.2. The van der Waals surface area contributed by atoms with Crippen LogP contribution >= 0.6 is 93.5 Å². The zero-order valence-corrected chi connectivity index (χ0v) is 61.2. The van der Waals surface area contributed by atoms with Crippen LogP contribution in [0.1, 0.15) is 96.5 Å². The fraction of sp³-hybridized carbons (Fsp3) is 0.306. The van der Waals surface area contributed by atoms with Gasteiger partial charge in [0.05, 0.1) is 66.9 Å². The minimum atomic E-state index is -4.65. The second-order valence-electron chi connectivity index (χ2n) is 23.3. The number of aryl methyl sites for hydroxylation is 8. The number of anilines is 4. The van der Waals surface area contributed by atoms with Crippen LogP contribution in [0.4, 0.5) is 40.3 Å². The minimum absolute atomic E-state index is 0.000396. The molecule has 28 heteroatoms. The molecule has 100 heavy (non-hydrogen) atoms. The van der Waals surface area contributed by atoms with Crippen LogP contribution in [-0.4, -0.2) is 117 Å². The Kier molecular flexibility index (Phi) is 27.2. The van der Waals surface area contributed by atoms with E-state index in [0.29, 0.717) is 61.3 Å². The Morgan fingerprint density at radius 3 is 1.11 bits per heavy atom. The number of rotatable bonds is 14. The SMILES string of the molecule is COC(=O)c1cnc(SCC(=O)N2CCCc3cccc(C)c32)c(Cl)c1.Cc1cccc2c1N(C(=O)CSc1ncc(C(=O)O)cc1Cl)CCC2.Cc1cccc2c1N(C(=O)CSc1ncc(C(F)(F)F)cc1F)CCC2.Cc1cccc2c1N(C(=O)CSc1ncc(Cl)cc1Cl)CCC2. The van der Waals surface area contributed by atoms with Crippen LogP contribution in [0.3, 0.4) is 0 Å². The van der Waals surface area contributed by atoms with E-state index in [9.17, 15) is 46.3 Å². The highest BCUT2D eigenvalue weighted by atomic mass is 35.5. The number of para-hydroxylation sites is 4. The predicted octanol–water partition coefficient (Wildman–Crippen LogP) is 17.1. The van der Waals surface area contributed by atoms with Gasteiger partial charge in [-0.15, -0.1) is 0 Å². The number of nitrogens with zero attached hydrogens (tertiary/aromatic N) is 8. The lowest BCUT2D eigenvalue weighted by molar-refractivity contribution is -0.138. The first-order valence-corrected chi connectivity index (χ1v) is 37.0. The molecule has 16 nitrogen and oxygen atoms in total. The minimum Gasteiger partial charge on any atom is -0.478 e. The number of carbonyl (C=O) groups excluding carboxylic acids is 5. The summed E-state index contributed by atoms with van der Waals surface area (Å²) in [7, 11) is 1.30. The van der Waals surface area contributed by atoms with Crippen LogP contribution < -0.4 is 19.6 Å². The first-order chi connectivity index (χ1) is 47.8. The highest BCUT2D eigenvalue weighted by Gasteiger charge is 2.33. The van der Waals surface area contributed by atoms with Crippen LogP contribution in [0, 0.1) is 33.5 Å². The maximum absolute atomic E-state index is 13.9. The van der Waals surface area contributed by atoms with Gasteiger partial charge in [0.2, 0.25) is 23.6 Å². The molecule has 4 aliphatic rings. The average Bonchev–Trinajstić information content (AvgIpc) is 0.814. The largest absolute Gasteiger partial charge is 0.478 e. The molecule has 0 radical (unpaired) electrons. The number of carbonyl (C=O) groups is 6. The number of benzene rings is 4. The van der Waals surface area contributed by atoms with E-state index in [4.69, 9.17) is 51.5 Å². The van der Waals surface area contributed by atoms with Gasteiger partial charge >= 0.3 is 18.1 Å². The van der Waals surface area contributed by atoms with Crippen molar-refractivity contribution in [3.8, 4) is 0 Å². The van der Waals surface area contributed by atoms with E-state index in [1.807, 2.05) is 84.0 Å². The number of amides is 4. The third-order valence-corrected chi connectivity index (χ3v) is 21.7. The molecule has 0 atom stereocenters. The van der Waals surface area contributed by atoms with Crippen molar-refractivity contribution < 1.29 is 56.2 Å². The number of halogens is 8. The maximum atomic E-state index is 13.9. The topological polar surface area (TPSA) is 196 Å².